The summed E-state index contributed by atoms with van der Waals surface area (Å²) in [5.41, 5.74) is 5.66. The summed E-state index contributed by atoms with van der Waals surface area (Å²) in [4.78, 5) is 3.12. The third-order valence-electron chi connectivity index (χ3n) is 5.11. The van der Waals surface area contributed by atoms with Crippen molar-refractivity contribution in [2.45, 2.75) is 6.92 Å². The second kappa shape index (κ2) is 6.60. The quantitative estimate of drug-likeness (QED) is 0.349. The summed E-state index contributed by atoms with van der Waals surface area (Å²) < 4.78 is 16.4. The Hall–Kier alpha value is -3.93. The van der Waals surface area contributed by atoms with Crippen molar-refractivity contribution < 1.29 is 4.39 Å². The van der Waals surface area contributed by atoms with E-state index in [4.69, 9.17) is 5.41 Å². The molecule has 2 aromatic heterocycles. The number of nitrogens with zero attached hydrogens (tertiary/aromatic N) is 2. The van der Waals surface area contributed by atoms with Crippen LogP contribution < -0.4 is 5.32 Å². The van der Waals surface area contributed by atoms with Crippen molar-refractivity contribution in [3.63, 3.8) is 0 Å². The van der Waals surface area contributed by atoms with Gasteiger partial charge < -0.3 is 15.7 Å². The first-order chi connectivity index (χ1) is 14.2. The number of benzene rings is 3. The summed E-state index contributed by atoms with van der Waals surface area (Å²) in [6.07, 6.45) is 4.87. The molecule has 29 heavy (non-hydrogen) atoms. The summed E-state index contributed by atoms with van der Waals surface area (Å²) >= 11 is 0. The molecule has 0 radical (unpaired) electrons. The van der Waals surface area contributed by atoms with Gasteiger partial charge in [0, 0.05) is 45.6 Å². The highest BCUT2D eigenvalue weighted by Gasteiger charge is 2.16. The van der Waals surface area contributed by atoms with Gasteiger partial charge in [-0.15, -0.1) is 0 Å². The Morgan fingerprint density at radius 3 is 2.83 bits per heavy atom. The molecular weight excluding hydrogens is 365 g/mol. The van der Waals surface area contributed by atoms with Crippen LogP contribution in [0.15, 0.2) is 67.0 Å². The Labute approximate surface area is 166 Å². The molecule has 0 aliphatic carbocycles. The first-order valence-electron chi connectivity index (χ1n) is 9.26. The Morgan fingerprint density at radius 2 is 1.97 bits per heavy atom. The molecule has 5 rings (SSSR count). The van der Waals surface area contributed by atoms with Gasteiger partial charge in [-0.3, -0.25) is 0 Å². The van der Waals surface area contributed by atoms with E-state index in [0.29, 0.717) is 5.69 Å². The number of aromatic amines is 1. The fourth-order valence-electron chi connectivity index (χ4n) is 3.70. The van der Waals surface area contributed by atoms with Crippen LogP contribution in [0.5, 0.6) is 0 Å². The number of hydrogen-bond donors (Lipinski definition) is 3. The predicted octanol–water partition coefficient (Wildman–Crippen LogP) is 5.70. The molecule has 3 aromatic carbocycles. The minimum Gasteiger partial charge on any atom is -0.361 e. The number of rotatable bonds is 4. The van der Waals surface area contributed by atoms with E-state index >= 15 is 0 Å². The monoisotopic (exact) mass is 383 g/mol. The van der Waals surface area contributed by atoms with Crippen LogP contribution in [0.1, 0.15) is 11.1 Å². The van der Waals surface area contributed by atoms with E-state index in [2.05, 4.69) is 15.4 Å². The van der Waals surface area contributed by atoms with E-state index in [0.717, 1.165) is 44.3 Å². The summed E-state index contributed by atoms with van der Waals surface area (Å²) in [5.74, 6) is -0.329. The SMILES string of the molecule is Cc1ccc(Nc2cccc3c2cnn3-c2c(F)ccc3[nH]ccc23)c(C=N)c1. The maximum absolute atomic E-state index is 14.8. The summed E-state index contributed by atoms with van der Waals surface area (Å²) in [5, 5.41) is 17.2. The van der Waals surface area contributed by atoms with Crippen molar-refractivity contribution in [3.8, 4) is 5.69 Å². The van der Waals surface area contributed by atoms with E-state index in [1.54, 1.807) is 23.1 Å². The van der Waals surface area contributed by atoms with Gasteiger partial charge in [0.25, 0.3) is 0 Å². The maximum atomic E-state index is 14.8. The molecule has 5 nitrogen and oxygen atoms in total. The fraction of sp³-hybridized carbons (Fsp3) is 0.0435. The maximum Gasteiger partial charge on any atom is 0.149 e. The Morgan fingerprint density at radius 1 is 1.07 bits per heavy atom. The molecule has 0 amide bonds. The molecule has 0 spiro atoms. The zero-order valence-corrected chi connectivity index (χ0v) is 15.7. The molecule has 2 heterocycles. The number of fused-ring (bicyclic) bond motifs is 2. The highest BCUT2D eigenvalue weighted by Crippen LogP contribution is 2.32. The number of halogens is 1. The van der Waals surface area contributed by atoms with Crippen molar-refractivity contribution in [2.24, 2.45) is 0 Å². The van der Waals surface area contributed by atoms with Gasteiger partial charge in [-0.05, 0) is 49.4 Å². The minimum absolute atomic E-state index is 0.329. The molecule has 142 valence electrons. The summed E-state index contributed by atoms with van der Waals surface area (Å²) in [6.45, 7) is 2.00. The molecule has 0 fully saturated rings. The first kappa shape index (κ1) is 17.2. The lowest BCUT2D eigenvalue weighted by Crippen LogP contribution is -2.00. The number of nitrogens with one attached hydrogen (secondary N) is 3. The van der Waals surface area contributed by atoms with Crippen LogP contribution in [-0.2, 0) is 0 Å². The Kier molecular flexibility index (Phi) is 3.91. The molecule has 0 saturated heterocycles. The number of aryl methyl sites for hydroxylation is 1. The molecule has 3 N–H and O–H groups in total. The lowest BCUT2D eigenvalue weighted by Gasteiger charge is -2.12. The highest BCUT2D eigenvalue weighted by molar-refractivity contribution is 5.98. The van der Waals surface area contributed by atoms with Gasteiger partial charge in [0.1, 0.15) is 11.5 Å². The van der Waals surface area contributed by atoms with E-state index in [1.807, 2.05) is 49.4 Å². The van der Waals surface area contributed by atoms with Crippen molar-refractivity contribution in [1.29, 1.82) is 5.41 Å². The van der Waals surface area contributed by atoms with Gasteiger partial charge in [0.2, 0.25) is 0 Å². The number of hydrogen-bond acceptors (Lipinski definition) is 3. The molecule has 6 heteroatoms. The topological polar surface area (TPSA) is 69.5 Å². The van der Waals surface area contributed by atoms with Crippen molar-refractivity contribution in [2.75, 3.05) is 5.32 Å². The average molecular weight is 383 g/mol. The highest BCUT2D eigenvalue weighted by atomic mass is 19.1. The zero-order valence-electron chi connectivity index (χ0n) is 15.7. The van der Waals surface area contributed by atoms with Crippen LogP contribution in [-0.4, -0.2) is 21.0 Å². The van der Waals surface area contributed by atoms with Crippen molar-refractivity contribution >= 4 is 39.4 Å². The van der Waals surface area contributed by atoms with Crippen LogP contribution in [0.25, 0.3) is 27.5 Å². The van der Waals surface area contributed by atoms with Gasteiger partial charge in [0.05, 0.1) is 11.7 Å². The van der Waals surface area contributed by atoms with Gasteiger partial charge in [-0.2, -0.15) is 5.10 Å². The molecule has 0 unspecified atom stereocenters. The second-order valence-corrected chi connectivity index (χ2v) is 6.99. The Bertz CT molecular complexity index is 1380. The molecule has 0 atom stereocenters. The molecule has 0 saturated carbocycles. The lowest BCUT2D eigenvalue weighted by atomic mass is 10.1. The van der Waals surface area contributed by atoms with Gasteiger partial charge in [-0.25, -0.2) is 9.07 Å². The Balaban J connectivity index is 1.67. The minimum atomic E-state index is -0.329. The lowest BCUT2D eigenvalue weighted by molar-refractivity contribution is 0.616. The molecule has 0 aliphatic rings. The smallest absolute Gasteiger partial charge is 0.149 e. The molecule has 0 bridgehead atoms. The standard InChI is InChI=1S/C23H18FN5/c1-14-5-7-19(15(11-14)12-25)28-21-3-2-4-22-17(21)13-27-29(22)23-16-9-10-26-20(16)8-6-18(23)24/h2-13,25-26,28H,1H3. The largest absolute Gasteiger partial charge is 0.361 e. The van der Waals surface area contributed by atoms with E-state index in [-0.39, 0.29) is 5.82 Å². The van der Waals surface area contributed by atoms with Crippen LogP contribution in [0, 0.1) is 18.2 Å². The first-order valence-corrected chi connectivity index (χ1v) is 9.26. The number of H-pyrrole nitrogens is 1. The third-order valence-corrected chi connectivity index (χ3v) is 5.11. The van der Waals surface area contributed by atoms with Crippen LogP contribution in [0.2, 0.25) is 0 Å². The number of aromatic nitrogens is 3. The van der Waals surface area contributed by atoms with Crippen molar-refractivity contribution in [3.05, 3.63) is 83.9 Å². The van der Waals surface area contributed by atoms with Crippen LogP contribution in [0.3, 0.4) is 0 Å². The summed E-state index contributed by atoms with van der Waals surface area (Å²) in [6, 6.07) is 16.7. The van der Waals surface area contributed by atoms with Gasteiger partial charge in [0.15, 0.2) is 0 Å². The van der Waals surface area contributed by atoms with E-state index in [9.17, 15) is 4.39 Å². The molecular formula is C23H18FN5. The van der Waals surface area contributed by atoms with Crippen LogP contribution >= 0.6 is 0 Å². The zero-order chi connectivity index (χ0) is 20.0. The number of anilines is 2. The van der Waals surface area contributed by atoms with Gasteiger partial charge >= 0.3 is 0 Å². The predicted molar refractivity (Wildman–Crippen MR) is 115 cm³/mol. The van der Waals surface area contributed by atoms with Crippen molar-refractivity contribution in [1.82, 2.24) is 14.8 Å². The van der Waals surface area contributed by atoms with E-state index < -0.39 is 0 Å². The second-order valence-electron chi connectivity index (χ2n) is 6.99. The fourth-order valence-corrected chi connectivity index (χ4v) is 3.70. The van der Waals surface area contributed by atoms with Crippen LogP contribution in [0.4, 0.5) is 15.8 Å². The third kappa shape index (κ3) is 2.77. The molecule has 0 aliphatic heterocycles. The van der Waals surface area contributed by atoms with Gasteiger partial charge in [-0.1, -0.05) is 17.7 Å². The molecule has 5 aromatic rings. The summed E-state index contributed by atoms with van der Waals surface area (Å²) in [7, 11) is 0. The van der Waals surface area contributed by atoms with E-state index in [1.165, 1.54) is 12.3 Å². The normalized spacial score (nSPS) is 11.2. The average Bonchev–Trinajstić information content (AvgIpc) is 3.37.